The van der Waals surface area contributed by atoms with Crippen LogP contribution in [-0.4, -0.2) is 31.6 Å². The summed E-state index contributed by atoms with van der Waals surface area (Å²) in [7, 11) is -3.34. The Morgan fingerprint density at radius 2 is 1.89 bits per heavy atom. The van der Waals surface area contributed by atoms with Crippen molar-refractivity contribution in [3.63, 3.8) is 0 Å². The fraction of sp³-hybridized carbons (Fsp3) is 0.118. The maximum absolute atomic E-state index is 12.2. The van der Waals surface area contributed by atoms with E-state index in [0.717, 1.165) is 23.2 Å². The van der Waals surface area contributed by atoms with E-state index >= 15 is 0 Å². The molecule has 0 unspecified atom stereocenters. The number of urea groups is 1. The van der Waals surface area contributed by atoms with Crippen molar-refractivity contribution in [2.24, 2.45) is 0 Å². The number of sulfone groups is 1. The van der Waals surface area contributed by atoms with Gasteiger partial charge in [0.15, 0.2) is 15.0 Å². The molecule has 0 saturated carbocycles. The number of fused-ring (bicyclic) bond motifs is 1. The van der Waals surface area contributed by atoms with Crippen LogP contribution in [0.4, 0.5) is 9.93 Å². The number of anilines is 1. The molecule has 0 saturated heterocycles. The molecule has 2 N–H and O–H groups in total. The minimum atomic E-state index is -3.34. The van der Waals surface area contributed by atoms with Crippen LogP contribution >= 0.6 is 22.9 Å². The number of carbonyl (C=O) groups is 2. The molecule has 3 aromatic rings. The van der Waals surface area contributed by atoms with Gasteiger partial charge in [0.05, 0.1) is 25.7 Å². The number of amides is 3. The first-order valence-electron chi connectivity index (χ1n) is 7.62. The maximum Gasteiger partial charge on any atom is 0.327 e. The second-order valence-electron chi connectivity index (χ2n) is 5.81. The van der Waals surface area contributed by atoms with Gasteiger partial charge in [-0.15, -0.1) is 0 Å². The van der Waals surface area contributed by atoms with E-state index in [0.29, 0.717) is 10.2 Å². The van der Waals surface area contributed by atoms with Gasteiger partial charge < -0.3 is 0 Å². The van der Waals surface area contributed by atoms with Crippen molar-refractivity contribution in [3.05, 3.63) is 52.5 Å². The molecule has 1 heterocycles. The van der Waals surface area contributed by atoms with E-state index in [1.54, 1.807) is 31.2 Å². The van der Waals surface area contributed by atoms with Gasteiger partial charge in [-0.1, -0.05) is 34.6 Å². The topological polar surface area (TPSA) is 105 Å². The van der Waals surface area contributed by atoms with Crippen LogP contribution in [0.15, 0.2) is 41.3 Å². The minimum Gasteiger partial charge on any atom is -0.283 e. The van der Waals surface area contributed by atoms with E-state index in [9.17, 15) is 18.0 Å². The summed E-state index contributed by atoms with van der Waals surface area (Å²) in [5, 5.41) is 5.13. The lowest BCUT2D eigenvalue weighted by Crippen LogP contribution is -2.34. The number of benzene rings is 2. The summed E-state index contributed by atoms with van der Waals surface area (Å²) < 4.78 is 23.8. The largest absolute Gasteiger partial charge is 0.327 e. The molecular formula is C17H14ClN3O4S2. The Balaban J connectivity index is 1.76. The quantitative estimate of drug-likeness (QED) is 0.669. The molecular weight excluding hydrogens is 410 g/mol. The first-order chi connectivity index (χ1) is 12.6. The molecule has 3 amide bonds. The lowest BCUT2D eigenvalue weighted by molar-refractivity contribution is 0.0967. The monoisotopic (exact) mass is 423 g/mol. The Labute approximate surface area is 164 Å². The third-order valence-corrected chi connectivity index (χ3v) is 5.98. The van der Waals surface area contributed by atoms with Crippen LogP contribution in [0.2, 0.25) is 5.02 Å². The zero-order valence-corrected chi connectivity index (χ0v) is 16.6. The van der Waals surface area contributed by atoms with Crippen LogP contribution in [0.1, 0.15) is 15.9 Å². The number of halogens is 1. The van der Waals surface area contributed by atoms with Crippen LogP contribution in [0.5, 0.6) is 0 Å². The molecule has 0 radical (unpaired) electrons. The van der Waals surface area contributed by atoms with Gasteiger partial charge >= 0.3 is 6.03 Å². The number of thiazole rings is 1. The Kier molecular flexibility index (Phi) is 5.18. The zero-order valence-electron chi connectivity index (χ0n) is 14.2. The summed E-state index contributed by atoms with van der Waals surface area (Å²) in [4.78, 5) is 28.7. The molecule has 0 aliphatic heterocycles. The Morgan fingerprint density at radius 3 is 2.59 bits per heavy atom. The van der Waals surface area contributed by atoms with Crippen molar-refractivity contribution in [2.75, 3.05) is 11.6 Å². The van der Waals surface area contributed by atoms with Crippen LogP contribution in [0.3, 0.4) is 0 Å². The average molecular weight is 424 g/mol. The van der Waals surface area contributed by atoms with Gasteiger partial charge in [-0.25, -0.2) is 18.2 Å². The molecule has 27 heavy (non-hydrogen) atoms. The van der Waals surface area contributed by atoms with Crippen LogP contribution in [0.25, 0.3) is 10.2 Å². The number of aryl methyl sites for hydroxylation is 1. The Bertz CT molecular complexity index is 1170. The van der Waals surface area contributed by atoms with Crippen molar-refractivity contribution in [1.29, 1.82) is 0 Å². The lowest BCUT2D eigenvalue weighted by Gasteiger charge is -2.06. The highest BCUT2D eigenvalue weighted by molar-refractivity contribution is 7.90. The fourth-order valence-corrected chi connectivity index (χ4v) is 4.13. The van der Waals surface area contributed by atoms with Gasteiger partial charge in [-0.2, -0.15) is 0 Å². The minimum absolute atomic E-state index is 0.166. The second-order valence-corrected chi connectivity index (χ2v) is 9.27. The predicted molar refractivity (Wildman–Crippen MR) is 105 cm³/mol. The highest BCUT2D eigenvalue weighted by atomic mass is 35.5. The number of hydrogen-bond acceptors (Lipinski definition) is 6. The van der Waals surface area contributed by atoms with Gasteiger partial charge in [0, 0.05) is 6.26 Å². The highest BCUT2D eigenvalue weighted by Gasteiger charge is 2.16. The first kappa shape index (κ1) is 19.3. The summed E-state index contributed by atoms with van der Waals surface area (Å²) >= 11 is 7.09. The first-order valence-corrected chi connectivity index (χ1v) is 10.7. The number of imide groups is 1. The third kappa shape index (κ3) is 4.44. The predicted octanol–water partition coefficient (Wildman–Crippen LogP) is 3.62. The van der Waals surface area contributed by atoms with E-state index in [2.05, 4.69) is 15.6 Å². The Hall–Kier alpha value is -2.49. The number of aromatic nitrogens is 1. The normalized spacial score (nSPS) is 11.4. The summed E-state index contributed by atoms with van der Waals surface area (Å²) in [6.45, 7) is 1.80. The van der Waals surface area contributed by atoms with Crippen LogP contribution in [0, 0.1) is 6.92 Å². The number of hydrogen-bond donors (Lipinski definition) is 2. The summed E-state index contributed by atoms with van der Waals surface area (Å²) in [5.41, 5.74) is 1.56. The fourth-order valence-electron chi connectivity index (χ4n) is 2.30. The molecule has 10 heteroatoms. The molecule has 2 aromatic carbocycles. The molecule has 0 spiro atoms. The second kappa shape index (κ2) is 7.26. The molecule has 0 aliphatic carbocycles. The maximum atomic E-state index is 12.2. The Morgan fingerprint density at radius 1 is 1.15 bits per heavy atom. The van der Waals surface area contributed by atoms with Gasteiger partial charge in [0.2, 0.25) is 0 Å². The molecule has 3 rings (SSSR count). The molecule has 0 atom stereocenters. The zero-order chi connectivity index (χ0) is 19.8. The smallest absolute Gasteiger partial charge is 0.283 e. The molecule has 7 nitrogen and oxygen atoms in total. The molecule has 140 valence electrons. The number of carbonyl (C=O) groups excluding carboxylic acids is 2. The third-order valence-electron chi connectivity index (χ3n) is 3.60. The van der Waals surface area contributed by atoms with Crippen molar-refractivity contribution in [1.82, 2.24) is 10.3 Å². The van der Waals surface area contributed by atoms with Gasteiger partial charge in [0.1, 0.15) is 0 Å². The number of rotatable bonds is 3. The summed E-state index contributed by atoms with van der Waals surface area (Å²) in [5.74, 6) is -0.637. The van der Waals surface area contributed by atoms with Crippen LogP contribution in [-0.2, 0) is 9.84 Å². The number of nitrogens with zero attached hydrogens (tertiary/aromatic N) is 1. The van der Waals surface area contributed by atoms with Crippen molar-refractivity contribution in [3.8, 4) is 0 Å². The van der Waals surface area contributed by atoms with Crippen LogP contribution < -0.4 is 10.6 Å². The van der Waals surface area contributed by atoms with E-state index in [1.807, 2.05) is 0 Å². The lowest BCUT2D eigenvalue weighted by atomic mass is 10.1. The molecule has 0 fully saturated rings. The van der Waals surface area contributed by atoms with Gasteiger partial charge in [0.25, 0.3) is 5.91 Å². The average Bonchev–Trinajstić information content (AvgIpc) is 2.97. The van der Waals surface area contributed by atoms with Gasteiger partial charge in [-0.05, 0) is 37.3 Å². The van der Waals surface area contributed by atoms with Crippen molar-refractivity contribution < 1.29 is 18.0 Å². The van der Waals surface area contributed by atoms with Gasteiger partial charge in [-0.3, -0.25) is 15.4 Å². The molecule has 1 aromatic heterocycles. The summed E-state index contributed by atoms with van der Waals surface area (Å²) in [6, 6.07) is 8.65. The van der Waals surface area contributed by atoms with Crippen molar-refractivity contribution >= 4 is 60.1 Å². The van der Waals surface area contributed by atoms with E-state index in [1.165, 1.54) is 12.1 Å². The van der Waals surface area contributed by atoms with E-state index in [-0.39, 0.29) is 20.6 Å². The summed E-state index contributed by atoms with van der Waals surface area (Å²) in [6.07, 6.45) is 1.11. The van der Waals surface area contributed by atoms with E-state index < -0.39 is 21.8 Å². The van der Waals surface area contributed by atoms with Crippen molar-refractivity contribution in [2.45, 2.75) is 11.8 Å². The van der Waals surface area contributed by atoms with E-state index in [4.69, 9.17) is 11.6 Å². The molecule has 0 aliphatic rings. The highest BCUT2D eigenvalue weighted by Crippen LogP contribution is 2.28. The SMILES string of the molecule is Cc1ccc(Cl)c(C(=O)NC(=O)Nc2nc3ccc(S(C)(=O)=O)cc3s2)c1. The standard InChI is InChI=1S/C17H14ClN3O4S2/c1-9-3-5-12(18)11(7-9)15(22)20-16(23)21-17-19-13-6-4-10(27(2,24)25)8-14(13)26-17/h3-8H,1-2H3,(H2,19,20,21,22,23). The molecule has 0 bridgehead atoms. The number of nitrogens with one attached hydrogen (secondary N) is 2.